The van der Waals surface area contributed by atoms with Crippen LogP contribution in [0.25, 0.3) is 16.6 Å². The third kappa shape index (κ3) is 2.76. The van der Waals surface area contributed by atoms with Gasteiger partial charge in [-0.1, -0.05) is 73.7 Å². The van der Waals surface area contributed by atoms with Gasteiger partial charge in [-0.05, 0) is 23.8 Å². The van der Waals surface area contributed by atoms with Crippen LogP contribution in [0.1, 0.15) is 28.8 Å². The highest BCUT2D eigenvalue weighted by Crippen LogP contribution is 2.29. The molecule has 0 bridgehead atoms. The van der Waals surface area contributed by atoms with E-state index in [4.69, 9.17) is 0 Å². The number of para-hydroxylation sites is 2. The van der Waals surface area contributed by atoms with Crippen molar-refractivity contribution in [3.8, 4) is 5.69 Å². The van der Waals surface area contributed by atoms with Gasteiger partial charge >= 0.3 is 0 Å². The summed E-state index contributed by atoms with van der Waals surface area (Å²) in [5, 5.41) is 0.999. The van der Waals surface area contributed by atoms with E-state index in [0.717, 1.165) is 27.7 Å². The first kappa shape index (κ1) is 15.4. The molecule has 0 N–H and O–H groups in total. The second-order valence-corrected chi connectivity index (χ2v) is 6.26. The van der Waals surface area contributed by atoms with Crippen LogP contribution in [-0.4, -0.2) is 10.4 Å². The Morgan fingerprint density at radius 2 is 1.40 bits per heavy atom. The van der Waals surface area contributed by atoms with Crippen LogP contribution in [0.5, 0.6) is 0 Å². The summed E-state index contributed by atoms with van der Waals surface area (Å²) in [6.07, 6.45) is 1.97. The third-order valence-electron chi connectivity index (χ3n) is 4.70. The molecule has 25 heavy (non-hydrogen) atoms. The standard InChI is InChI=1S/C23H19NO/c1-17(18-10-4-2-5-11-18)23(25)21-16-24(19-12-6-3-7-13-19)22-15-9-8-14-20(21)22/h2-17H,1H3. The zero-order valence-electron chi connectivity index (χ0n) is 14.1. The molecule has 1 unspecified atom stereocenters. The van der Waals surface area contributed by atoms with Crippen molar-refractivity contribution in [2.45, 2.75) is 12.8 Å². The van der Waals surface area contributed by atoms with E-state index < -0.39 is 0 Å². The fourth-order valence-electron chi connectivity index (χ4n) is 3.30. The molecule has 4 aromatic rings. The van der Waals surface area contributed by atoms with Gasteiger partial charge in [-0.25, -0.2) is 0 Å². The van der Waals surface area contributed by atoms with Crippen molar-refractivity contribution < 1.29 is 4.79 Å². The topological polar surface area (TPSA) is 22.0 Å². The van der Waals surface area contributed by atoms with Crippen molar-refractivity contribution in [1.29, 1.82) is 0 Å². The van der Waals surface area contributed by atoms with Crippen LogP contribution in [0.15, 0.2) is 91.1 Å². The van der Waals surface area contributed by atoms with Crippen LogP contribution < -0.4 is 0 Å². The van der Waals surface area contributed by atoms with E-state index in [1.165, 1.54) is 0 Å². The van der Waals surface area contributed by atoms with Crippen LogP contribution in [0, 0.1) is 0 Å². The molecule has 0 amide bonds. The van der Waals surface area contributed by atoms with Gasteiger partial charge in [-0.2, -0.15) is 0 Å². The smallest absolute Gasteiger partial charge is 0.172 e. The average molecular weight is 325 g/mol. The Kier molecular flexibility index (Phi) is 3.95. The summed E-state index contributed by atoms with van der Waals surface area (Å²) in [6, 6.07) is 28.2. The highest BCUT2D eigenvalue weighted by atomic mass is 16.1. The number of carbonyl (C=O) groups excluding carboxylic acids is 1. The molecule has 0 fully saturated rings. The number of rotatable bonds is 4. The van der Waals surface area contributed by atoms with Crippen molar-refractivity contribution in [1.82, 2.24) is 4.57 Å². The van der Waals surface area contributed by atoms with Gasteiger partial charge in [0.1, 0.15) is 0 Å². The predicted molar refractivity (Wildman–Crippen MR) is 102 cm³/mol. The highest BCUT2D eigenvalue weighted by molar-refractivity contribution is 6.11. The minimum absolute atomic E-state index is 0.150. The first-order valence-corrected chi connectivity index (χ1v) is 8.50. The minimum atomic E-state index is -0.170. The maximum atomic E-state index is 13.2. The van der Waals surface area contributed by atoms with E-state index in [0.29, 0.717) is 0 Å². The number of nitrogens with zero attached hydrogens (tertiary/aromatic N) is 1. The Bertz CT molecular complexity index is 1020. The van der Waals surface area contributed by atoms with Crippen LogP contribution >= 0.6 is 0 Å². The maximum Gasteiger partial charge on any atom is 0.172 e. The van der Waals surface area contributed by atoms with Crippen LogP contribution in [0.4, 0.5) is 0 Å². The van der Waals surface area contributed by atoms with Crippen molar-refractivity contribution in [3.05, 3.63) is 102 Å². The Morgan fingerprint density at radius 1 is 0.800 bits per heavy atom. The molecule has 0 aliphatic carbocycles. The summed E-state index contributed by atoms with van der Waals surface area (Å²) in [5.74, 6) is -0.0201. The summed E-state index contributed by atoms with van der Waals surface area (Å²) < 4.78 is 2.10. The number of Topliss-reactive ketones (excluding diaryl/α,β-unsaturated/α-hetero) is 1. The van der Waals surface area contributed by atoms with Gasteiger partial charge in [-0.3, -0.25) is 4.79 Å². The SMILES string of the molecule is CC(C(=O)c1cn(-c2ccccc2)c2ccccc12)c1ccccc1. The molecule has 2 heteroatoms. The Hall–Kier alpha value is -3.13. The lowest BCUT2D eigenvalue weighted by Crippen LogP contribution is -2.09. The van der Waals surface area contributed by atoms with Gasteiger partial charge in [0.25, 0.3) is 0 Å². The number of ketones is 1. The molecular weight excluding hydrogens is 306 g/mol. The van der Waals surface area contributed by atoms with E-state index >= 15 is 0 Å². The monoisotopic (exact) mass is 325 g/mol. The van der Waals surface area contributed by atoms with Crippen LogP contribution in [0.3, 0.4) is 0 Å². The number of benzene rings is 3. The Morgan fingerprint density at radius 3 is 2.12 bits per heavy atom. The molecule has 1 atom stereocenters. The fourth-order valence-corrected chi connectivity index (χ4v) is 3.30. The van der Waals surface area contributed by atoms with E-state index in [1.807, 2.05) is 79.9 Å². The molecule has 0 aliphatic rings. The molecule has 3 aromatic carbocycles. The maximum absolute atomic E-state index is 13.2. The molecule has 0 saturated carbocycles. The molecule has 1 heterocycles. The molecule has 2 nitrogen and oxygen atoms in total. The normalized spacial score (nSPS) is 12.2. The van der Waals surface area contributed by atoms with E-state index in [9.17, 15) is 4.79 Å². The Labute approximate surface area is 147 Å². The third-order valence-corrected chi connectivity index (χ3v) is 4.70. The second kappa shape index (κ2) is 6.40. The fraction of sp³-hybridized carbons (Fsp3) is 0.0870. The molecule has 122 valence electrons. The molecule has 1 aromatic heterocycles. The van der Waals surface area contributed by atoms with E-state index in [2.05, 4.69) is 22.8 Å². The molecule has 4 rings (SSSR count). The van der Waals surface area contributed by atoms with Gasteiger partial charge in [0.15, 0.2) is 5.78 Å². The van der Waals surface area contributed by atoms with Crippen LogP contribution in [0.2, 0.25) is 0 Å². The summed E-state index contributed by atoms with van der Waals surface area (Å²) in [4.78, 5) is 13.2. The lowest BCUT2D eigenvalue weighted by Gasteiger charge is -2.10. The summed E-state index contributed by atoms with van der Waals surface area (Å²) in [6.45, 7) is 1.98. The first-order chi connectivity index (χ1) is 12.3. The van der Waals surface area contributed by atoms with Gasteiger partial charge in [-0.15, -0.1) is 0 Å². The van der Waals surface area contributed by atoms with Crippen molar-refractivity contribution in [2.75, 3.05) is 0 Å². The molecule has 0 aliphatic heterocycles. The zero-order valence-corrected chi connectivity index (χ0v) is 14.1. The number of hydrogen-bond donors (Lipinski definition) is 0. The highest BCUT2D eigenvalue weighted by Gasteiger charge is 2.21. The summed E-state index contributed by atoms with van der Waals surface area (Å²) >= 11 is 0. The molecule has 0 spiro atoms. The predicted octanol–water partition coefficient (Wildman–Crippen LogP) is 5.62. The van der Waals surface area contributed by atoms with E-state index in [1.54, 1.807) is 0 Å². The van der Waals surface area contributed by atoms with Crippen molar-refractivity contribution in [3.63, 3.8) is 0 Å². The minimum Gasteiger partial charge on any atom is -0.316 e. The van der Waals surface area contributed by atoms with Gasteiger partial charge in [0, 0.05) is 28.8 Å². The summed E-state index contributed by atoms with van der Waals surface area (Å²) in [7, 11) is 0. The lowest BCUT2D eigenvalue weighted by molar-refractivity contribution is 0.0967. The van der Waals surface area contributed by atoms with Crippen molar-refractivity contribution >= 4 is 16.7 Å². The zero-order chi connectivity index (χ0) is 17.2. The van der Waals surface area contributed by atoms with Crippen molar-refractivity contribution in [2.24, 2.45) is 0 Å². The van der Waals surface area contributed by atoms with Crippen LogP contribution in [-0.2, 0) is 0 Å². The average Bonchev–Trinajstić information content (AvgIpc) is 3.08. The lowest BCUT2D eigenvalue weighted by atomic mass is 9.92. The molecule has 0 saturated heterocycles. The van der Waals surface area contributed by atoms with Gasteiger partial charge in [0.2, 0.25) is 0 Å². The quantitative estimate of drug-likeness (QED) is 0.447. The largest absolute Gasteiger partial charge is 0.316 e. The molecular formula is C23H19NO. The molecule has 0 radical (unpaired) electrons. The van der Waals surface area contributed by atoms with Gasteiger partial charge in [0.05, 0.1) is 5.52 Å². The first-order valence-electron chi connectivity index (χ1n) is 8.50. The number of aromatic nitrogens is 1. The number of carbonyl (C=O) groups is 1. The number of fused-ring (bicyclic) bond motifs is 1. The van der Waals surface area contributed by atoms with E-state index in [-0.39, 0.29) is 11.7 Å². The number of hydrogen-bond acceptors (Lipinski definition) is 1. The van der Waals surface area contributed by atoms with Gasteiger partial charge < -0.3 is 4.57 Å². The second-order valence-electron chi connectivity index (χ2n) is 6.26. The Balaban J connectivity index is 1.84. The summed E-state index contributed by atoms with van der Waals surface area (Å²) in [5.41, 5.74) is 3.93.